The van der Waals surface area contributed by atoms with Crippen LogP contribution in [0.15, 0.2) is 0 Å². The molecule has 0 aromatic heterocycles. The molecule has 0 heterocycles. The van der Waals surface area contributed by atoms with Crippen molar-refractivity contribution in [3.05, 3.63) is 0 Å². The van der Waals surface area contributed by atoms with Gasteiger partial charge in [-0.1, -0.05) is 27.7 Å². The van der Waals surface area contributed by atoms with Crippen molar-refractivity contribution >= 4 is 5.91 Å². The normalized spacial score (nSPS) is 13.6. The van der Waals surface area contributed by atoms with E-state index in [2.05, 4.69) is 37.9 Å². The molecule has 0 bridgehead atoms. The third-order valence-corrected chi connectivity index (χ3v) is 3.17. The van der Waals surface area contributed by atoms with Crippen molar-refractivity contribution in [3.8, 4) is 0 Å². The molecule has 3 N–H and O–H groups in total. The highest BCUT2D eigenvalue weighted by molar-refractivity contribution is 5.80. The van der Waals surface area contributed by atoms with Gasteiger partial charge in [-0.2, -0.15) is 0 Å². The first kappa shape index (κ1) is 16.4. The van der Waals surface area contributed by atoms with E-state index < -0.39 is 0 Å². The van der Waals surface area contributed by atoms with E-state index in [0.29, 0.717) is 18.5 Å². The van der Waals surface area contributed by atoms with Crippen molar-refractivity contribution in [3.63, 3.8) is 0 Å². The minimum absolute atomic E-state index is 0.255. The summed E-state index contributed by atoms with van der Waals surface area (Å²) in [7, 11) is 1.79. The highest BCUT2D eigenvalue weighted by atomic mass is 16.1. The number of nitrogens with one attached hydrogen (secondary N) is 1. The van der Waals surface area contributed by atoms with E-state index in [1.165, 1.54) is 0 Å². The van der Waals surface area contributed by atoms with Crippen LogP contribution < -0.4 is 11.1 Å². The third-order valence-electron chi connectivity index (χ3n) is 3.17. The number of rotatable bonds is 9. The maximum absolute atomic E-state index is 11.3. The van der Waals surface area contributed by atoms with Crippen LogP contribution in [0.5, 0.6) is 0 Å². The Morgan fingerprint density at radius 3 is 2.06 bits per heavy atom. The second-order valence-corrected chi connectivity index (χ2v) is 5.06. The lowest BCUT2D eigenvalue weighted by molar-refractivity contribution is -0.120. The van der Waals surface area contributed by atoms with Crippen molar-refractivity contribution in [1.29, 1.82) is 0 Å². The quantitative estimate of drug-likeness (QED) is 0.640. The zero-order chi connectivity index (χ0) is 13.4. The fourth-order valence-electron chi connectivity index (χ4n) is 2.20. The molecule has 0 aliphatic heterocycles. The first-order chi connectivity index (χ1) is 7.96. The summed E-state index contributed by atoms with van der Waals surface area (Å²) in [6.07, 6.45) is 2.22. The van der Waals surface area contributed by atoms with Crippen molar-refractivity contribution in [2.45, 2.75) is 52.6 Å². The number of amides is 1. The monoisotopic (exact) mass is 243 g/mol. The molecule has 0 fully saturated rings. The van der Waals surface area contributed by atoms with Gasteiger partial charge in [0.2, 0.25) is 5.91 Å². The molecule has 0 saturated carbocycles. The van der Waals surface area contributed by atoms with Crippen molar-refractivity contribution in [2.75, 3.05) is 20.1 Å². The van der Waals surface area contributed by atoms with Gasteiger partial charge in [0.1, 0.15) is 0 Å². The third kappa shape index (κ3) is 6.03. The Labute approximate surface area is 106 Å². The summed E-state index contributed by atoms with van der Waals surface area (Å²) in [6, 6.07) is 0.280. The van der Waals surface area contributed by atoms with E-state index in [1.54, 1.807) is 7.05 Å². The summed E-state index contributed by atoms with van der Waals surface area (Å²) in [5.74, 6) is 0.327. The average Bonchev–Trinajstić information content (AvgIpc) is 2.25. The lowest BCUT2D eigenvalue weighted by Crippen LogP contribution is -2.51. The number of hydrogen-bond acceptors (Lipinski definition) is 3. The van der Waals surface area contributed by atoms with Gasteiger partial charge in [0.25, 0.3) is 0 Å². The Kier molecular flexibility index (Phi) is 8.17. The van der Waals surface area contributed by atoms with Gasteiger partial charge in [-0.3, -0.25) is 9.69 Å². The van der Waals surface area contributed by atoms with Crippen molar-refractivity contribution in [2.24, 2.45) is 11.7 Å². The molecule has 0 rings (SSSR count). The van der Waals surface area contributed by atoms with E-state index in [0.717, 1.165) is 19.4 Å². The zero-order valence-corrected chi connectivity index (χ0v) is 12.0. The Morgan fingerprint density at radius 2 is 1.76 bits per heavy atom. The minimum atomic E-state index is -0.271. The van der Waals surface area contributed by atoms with Crippen LogP contribution in [-0.2, 0) is 4.79 Å². The largest absolute Gasteiger partial charge is 0.368 e. The second-order valence-electron chi connectivity index (χ2n) is 5.06. The van der Waals surface area contributed by atoms with Gasteiger partial charge in [0, 0.05) is 19.1 Å². The van der Waals surface area contributed by atoms with E-state index >= 15 is 0 Å². The smallest absolute Gasteiger partial charge is 0.235 e. The number of carbonyl (C=O) groups is 1. The highest BCUT2D eigenvalue weighted by Crippen LogP contribution is 2.12. The molecule has 1 amide bonds. The summed E-state index contributed by atoms with van der Waals surface area (Å²) in [6.45, 7) is 10.5. The molecule has 0 aromatic carbocycles. The molecule has 0 aliphatic rings. The Bertz CT molecular complexity index is 215. The molecule has 1 atom stereocenters. The lowest BCUT2D eigenvalue weighted by Gasteiger charge is -2.34. The molecule has 0 spiro atoms. The predicted molar refractivity (Wildman–Crippen MR) is 72.8 cm³/mol. The maximum Gasteiger partial charge on any atom is 0.235 e. The molecular formula is C13H29N3O. The van der Waals surface area contributed by atoms with E-state index in [1.807, 2.05) is 0 Å². The van der Waals surface area contributed by atoms with Crippen molar-refractivity contribution < 1.29 is 4.79 Å². The first-order valence-corrected chi connectivity index (χ1v) is 6.66. The minimum Gasteiger partial charge on any atom is -0.368 e. The Balaban J connectivity index is 4.61. The maximum atomic E-state index is 11.3. The molecular weight excluding hydrogens is 214 g/mol. The fraction of sp³-hybridized carbons (Fsp3) is 0.923. The molecule has 0 aromatic rings. The molecule has 0 aliphatic carbocycles. The summed E-state index contributed by atoms with van der Waals surface area (Å²) in [5.41, 5.74) is 5.38. The molecule has 4 heteroatoms. The Hall–Kier alpha value is -0.610. The van der Waals surface area contributed by atoms with Gasteiger partial charge < -0.3 is 11.1 Å². The van der Waals surface area contributed by atoms with Gasteiger partial charge >= 0.3 is 0 Å². The van der Waals surface area contributed by atoms with Crippen LogP contribution in [-0.4, -0.2) is 43.0 Å². The molecule has 1 unspecified atom stereocenters. The fourth-order valence-corrected chi connectivity index (χ4v) is 2.20. The number of hydrogen-bond donors (Lipinski definition) is 2. The summed E-state index contributed by atoms with van der Waals surface area (Å²) in [5, 5.41) is 2.99. The number of likely N-dealkylation sites (N-methyl/N-ethyl adjacent to an activating group) is 1. The summed E-state index contributed by atoms with van der Waals surface area (Å²) in [4.78, 5) is 13.7. The van der Waals surface area contributed by atoms with Crippen LogP contribution in [0, 0.1) is 5.92 Å². The zero-order valence-electron chi connectivity index (χ0n) is 12.0. The molecule has 4 nitrogen and oxygen atoms in total. The number of nitrogens with zero attached hydrogens (tertiary/aromatic N) is 1. The molecule has 17 heavy (non-hydrogen) atoms. The van der Waals surface area contributed by atoms with Crippen LogP contribution >= 0.6 is 0 Å². The van der Waals surface area contributed by atoms with Gasteiger partial charge in [0.15, 0.2) is 0 Å². The average molecular weight is 243 g/mol. The second kappa shape index (κ2) is 8.48. The molecule has 0 radical (unpaired) electrons. The number of nitrogens with two attached hydrogens (primary N) is 1. The standard InChI is InChI=1S/C13H29N3O/c1-6-11(7-2)16(8-10(3)4)9-12(15-5)13(14)17/h10-12,15H,6-9H2,1-5H3,(H2,14,17). The lowest BCUT2D eigenvalue weighted by atomic mass is 10.1. The van der Waals surface area contributed by atoms with E-state index in [4.69, 9.17) is 5.73 Å². The van der Waals surface area contributed by atoms with E-state index in [9.17, 15) is 4.79 Å². The summed E-state index contributed by atoms with van der Waals surface area (Å²) >= 11 is 0. The highest BCUT2D eigenvalue weighted by Gasteiger charge is 2.22. The number of primary amides is 1. The first-order valence-electron chi connectivity index (χ1n) is 6.66. The van der Waals surface area contributed by atoms with E-state index in [-0.39, 0.29) is 11.9 Å². The predicted octanol–water partition coefficient (Wildman–Crippen LogP) is 1.21. The molecule has 0 saturated heterocycles. The van der Waals surface area contributed by atoms with Crippen LogP contribution in [0.4, 0.5) is 0 Å². The van der Waals surface area contributed by atoms with Crippen LogP contribution in [0.1, 0.15) is 40.5 Å². The van der Waals surface area contributed by atoms with Crippen LogP contribution in [0.3, 0.4) is 0 Å². The van der Waals surface area contributed by atoms with Gasteiger partial charge in [-0.05, 0) is 25.8 Å². The molecule has 102 valence electrons. The Morgan fingerprint density at radius 1 is 1.24 bits per heavy atom. The van der Waals surface area contributed by atoms with Gasteiger partial charge in [0.05, 0.1) is 6.04 Å². The van der Waals surface area contributed by atoms with Crippen molar-refractivity contribution in [1.82, 2.24) is 10.2 Å². The van der Waals surface area contributed by atoms with Crippen LogP contribution in [0.25, 0.3) is 0 Å². The number of carbonyl (C=O) groups excluding carboxylic acids is 1. The summed E-state index contributed by atoms with van der Waals surface area (Å²) < 4.78 is 0. The topological polar surface area (TPSA) is 58.4 Å². The SMILES string of the molecule is CCC(CC)N(CC(C)C)CC(NC)C(N)=O. The van der Waals surface area contributed by atoms with Gasteiger partial charge in [-0.25, -0.2) is 0 Å². The van der Waals surface area contributed by atoms with Crippen LogP contribution in [0.2, 0.25) is 0 Å². The van der Waals surface area contributed by atoms with Gasteiger partial charge in [-0.15, -0.1) is 0 Å².